The van der Waals surface area contributed by atoms with Crippen LogP contribution in [0.3, 0.4) is 0 Å². The van der Waals surface area contributed by atoms with Crippen molar-refractivity contribution in [3.63, 3.8) is 0 Å². The van der Waals surface area contributed by atoms with Crippen LogP contribution < -0.4 is 5.32 Å². The number of nitrogens with one attached hydrogen (secondary N) is 1. The Kier molecular flexibility index (Phi) is 2.70. The molecule has 0 atom stereocenters. The van der Waals surface area contributed by atoms with Gasteiger partial charge in [-0.3, -0.25) is 0 Å². The summed E-state index contributed by atoms with van der Waals surface area (Å²) in [5.74, 6) is 0.671. The van der Waals surface area contributed by atoms with Gasteiger partial charge in [-0.05, 0) is 43.2 Å². The summed E-state index contributed by atoms with van der Waals surface area (Å²) in [5, 5.41) is 16.7. The minimum atomic E-state index is 0.263. The first-order valence-electron chi connectivity index (χ1n) is 6.39. The van der Waals surface area contributed by atoms with Gasteiger partial charge in [0.1, 0.15) is 0 Å². The van der Waals surface area contributed by atoms with Crippen LogP contribution in [0, 0.1) is 12.3 Å². The molecule has 0 unspecified atom stereocenters. The lowest BCUT2D eigenvalue weighted by Crippen LogP contribution is -2.17. The number of anilines is 1. The van der Waals surface area contributed by atoms with Crippen LogP contribution in [0.5, 0.6) is 0 Å². The van der Waals surface area contributed by atoms with Gasteiger partial charge in [0.05, 0.1) is 0 Å². The Morgan fingerprint density at radius 1 is 1.44 bits per heavy atom. The second-order valence-electron chi connectivity index (χ2n) is 5.27. The van der Waals surface area contributed by atoms with Gasteiger partial charge >= 0.3 is 0 Å². The van der Waals surface area contributed by atoms with Crippen molar-refractivity contribution in [3.05, 3.63) is 23.9 Å². The van der Waals surface area contributed by atoms with Crippen molar-refractivity contribution in [1.82, 2.24) is 14.6 Å². The number of hydrogen-bond acceptors (Lipinski definition) is 4. The number of fused-ring (bicyclic) bond motifs is 1. The number of aliphatic hydroxyl groups excluding tert-OH is 1. The van der Waals surface area contributed by atoms with Crippen molar-refractivity contribution in [2.45, 2.75) is 26.2 Å². The van der Waals surface area contributed by atoms with Crippen molar-refractivity contribution in [3.8, 4) is 0 Å². The third-order valence-electron chi connectivity index (χ3n) is 3.70. The zero-order chi connectivity index (χ0) is 12.6. The van der Waals surface area contributed by atoms with E-state index >= 15 is 0 Å². The first-order valence-corrected chi connectivity index (χ1v) is 6.39. The summed E-state index contributed by atoms with van der Waals surface area (Å²) in [4.78, 5) is 4.42. The summed E-state index contributed by atoms with van der Waals surface area (Å²) in [6, 6.07) is 4.00. The standard InChI is InChI=1S/C13H18N4O/c1-10-2-3-11-15-12(16-17(11)8-10)14-9-13(4-5-13)6-7-18/h2-3,8,18H,4-7,9H2,1H3,(H,14,16). The van der Waals surface area contributed by atoms with Crippen molar-refractivity contribution in [2.24, 2.45) is 5.41 Å². The van der Waals surface area contributed by atoms with Gasteiger partial charge in [0, 0.05) is 19.3 Å². The molecule has 1 fully saturated rings. The molecule has 5 heteroatoms. The second kappa shape index (κ2) is 4.24. The lowest BCUT2D eigenvalue weighted by atomic mass is 10.0. The SMILES string of the molecule is Cc1ccc2nc(NCC3(CCO)CC3)nn2c1. The quantitative estimate of drug-likeness (QED) is 0.841. The van der Waals surface area contributed by atoms with Crippen LogP contribution in [0.25, 0.3) is 5.65 Å². The van der Waals surface area contributed by atoms with Crippen molar-refractivity contribution in [2.75, 3.05) is 18.5 Å². The minimum absolute atomic E-state index is 0.263. The summed E-state index contributed by atoms with van der Waals surface area (Å²) >= 11 is 0. The fourth-order valence-electron chi connectivity index (χ4n) is 2.26. The first-order chi connectivity index (χ1) is 8.71. The van der Waals surface area contributed by atoms with Crippen molar-refractivity contribution < 1.29 is 5.11 Å². The van der Waals surface area contributed by atoms with E-state index in [9.17, 15) is 0 Å². The van der Waals surface area contributed by atoms with Gasteiger partial charge in [-0.25, -0.2) is 4.52 Å². The highest BCUT2D eigenvalue weighted by atomic mass is 16.3. The number of nitrogens with zero attached hydrogens (tertiary/aromatic N) is 3. The molecule has 0 aliphatic heterocycles. The average Bonchev–Trinajstić information content (AvgIpc) is 2.99. The maximum absolute atomic E-state index is 9.02. The molecular formula is C13H18N4O. The van der Waals surface area contributed by atoms with Gasteiger partial charge in [-0.2, -0.15) is 4.98 Å². The van der Waals surface area contributed by atoms with Crippen LogP contribution in [0.2, 0.25) is 0 Å². The lowest BCUT2D eigenvalue weighted by Gasteiger charge is -2.12. The normalized spacial score (nSPS) is 17.0. The monoisotopic (exact) mass is 246 g/mol. The Bertz CT molecular complexity index is 559. The first kappa shape index (κ1) is 11.5. The van der Waals surface area contributed by atoms with Crippen molar-refractivity contribution in [1.29, 1.82) is 0 Å². The Balaban J connectivity index is 1.71. The Morgan fingerprint density at radius 2 is 2.28 bits per heavy atom. The Hall–Kier alpha value is -1.62. The maximum Gasteiger partial charge on any atom is 0.243 e. The maximum atomic E-state index is 9.02. The highest BCUT2D eigenvalue weighted by Gasteiger charge is 2.41. The average molecular weight is 246 g/mol. The third kappa shape index (κ3) is 2.18. The molecule has 18 heavy (non-hydrogen) atoms. The molecule has 3 rings (SSSR count). The fourth-order valence-corrected chi connectivity index (χ4v) is 2.26. The number of rotatable bonds is 5. The molecule has 2 aromatic heterocycles. The van der Waals surface area contributed by atoms with Gasteiger partial charge in [0.15, 0.2) is 5.65 Å². The highest BCUT2D eigenvalue weighted by Crippen LogP contribution is 2.48. The van der Waals surface area contributed by atoms with E-state index in [1.165, 1.54) is 12.8 Å². The van der Waals surface area contributed by atoms with Crippen LogP contribution in [-0.4, -0.2) is 32.9 Å². The number of pyridine rings is 1. The van der Waals surface area contributed by atoms with E-state index in [1.54, 1.807) is 4.52 Å². The molecule has 0 aromatic carbocycles. The van der Waals surface area contributed by atoms with Gasteiger partial charge in [0.2, 0.25) is 5.95 Å². The van der Waals surface area contributed by atoms with E-state index in [0.29, 0.717) is 5.95 Å². The van der Waals surface area contributed by atoms with E-state index in [0.717, 1.165) is 24.2 Å². The molecule has 0 amide bonds. The zero-order valence-electron chi connectivity index (χ0n) is 10.6. The Morgan fingerprint density at radius 3 is 3.00 bits per heavy atom. The molecule has 96 valence electrons. The van der Waals surface area contributed by atoms with Gasteiger partial charge in [0.25, 0.3) is 0 Å². The van der Waals surface area contributed by atoms with E-state index in [4.69, 9.17) is 5.11 Å². The van der Waals surface area contributed by atoms with Crippen molar-refractivity contribution >= 4 is 11.6 Å². The van der Waals surface area contributed by atoms with E-state index in [2.05, 4.69) is 15.4 Å². The van der Waals surface area contributed by atoms with E-state index < -0.39 is 0 Å². The van der Waals surface area contributed by atoms with Crippen LogP contribution in [-0.2, 0) is 0 Å². The van der Waals surface area contributed by atoms with Crippen LogP contribution in [0.1, 0.15) is 24.8 Å². The topological polar surface area (TPSA) is 62.5 Å². The Labute approximate surface area is 106 Å². The molecule has 2 N–H and O–H groups in total. The van der Waals surface area contributed by atoms with E-state index in [-0.39, 0.29) is 12.0 Å². The summed E-state index contributed by atoms with van der Waals surface area (Å²) in [7, 11) is 0. The minimum Gasteiger partial charge on any atom is -0.396 e. The molecule has 0 spiro atoms. The smallest absolute Gasteiger partial charge is 0.243 e. The second-order valence-corrected chi connectivity index (χ2v) is 5.27. The number of aromatic nitrogens is 3. The van der Waals surface area contributed by atoms with Gasteiger partial charge < -0.3 is 10.4 Å². The molecule has 0 saturated heterocycles. The third-order valence-corrected chi connectivity index (χ3v) is 3.70. The molecule has 2 aromatic rings. The molecule has 2 heterocycles. The molecule has 0 bridgehead atoms. The summed E-state index contributed by atoms with van der Waals surface area (Å²) in [5.41, 5.74) is 2.30. The largest absolute Gasteiger partial charge is 0.396 e. The molecule has 1 saturated carbocycles. The predicted octanol–water partition coefficient (Wildman–Crippen LogP) is 1.61. The summed E-state index contributed by atoms with van der Waals surface area (Å²) in [6.45, 7) is 3.15. The predicted molar refractivity (Wildman–Crippen MR) is 69.6 cm³/mol. The molecule has 0 radical (unpaired) electrons. The fraction of sp³-hybridized carbons (Fsp3) is 0.538. The van der Waals surface area contributed by atoms with E-state index in [1.807, 2.05) is 25.3 Å². The highest BCUT2D eigenvalue weighted by molar-refractivity contribution is 5.44. The van der Waals surface area contributed by atoms with Gasteiger partial charge in [-0.1, -0.05) is 6.07 Å². The molecular weight excluding hydrogens is 228 g/mol. The molecule has 1 aliphatic carbocycles. The summed E-state index contributed by atoms with van der Waals surface area (Å²) in [6.07, 6.45) is 5.21. The van der Waals surface area contributed by atoms with Crippen LogP contribution in [0.15, 0.2) is 18.3 Å². The van der Waals surface area contributed by atoms with Gasteiger partial charge in [-0.15, -0.1) is 5.10 Å². The molecule has 1 aliphatic rings. The van der Waals surface area contributed by atoms with Crippen LogP contribution >= 0.6 is 0 Å². The zero-order valence-corrected chi connectivity index (χ0v) is 10.6. The number of hydrogen-bond donors (Lipinski definition) is 2. The number of aryl methyl sites for hydroxylation is 1. The lowest BCUT2D eigenvalue weighted by molar-refractivity contribution is 0.253. The summed E-state index contributed by atoms with van der Waals surface area (Å²) < 4.78 is 1.79. The number of aliphatic hydroxyl groups is 1. The van der Waals surface area contributed by atoms with Crippen LogP contribution in [0.4, 0.5) is 5.95 Å². The molecule has 5 nitrogen and oxygen atoms in total.